The lowest BCUT2D eigenvalue weighted by Crippen LogP contribution is -2.47. The van der Waals surface area contributed by atoms with Gasteiger partial charge in [0.25, 0.3) is 0 Å². The zero-order chi connectivity index (χ0) is 11.1. The summed E-state index contributed by atoms with van der Waals surface area (Å²) in [7, 11) is 0. The minimum absolute atomic E-state index is 0.693. The van der Waals surface area contributed by atoms with Crippen LogP contribution in [0.25, 0.3) is 0 Å². The van der Waals surface area contributed by atoms with E-state index >= 15 is 0 Å². The minimum Gasteiger partial charge on any atom is -0.252 e. The Hall–Kier alpha value is -0.0800. The summed E-state index contributed by atoms with van der Waals surface area (Å²) in [5.74, 6) is 0.854. The maximum atomic E-state index is 3.70. The molecule has 0 bridgehead atoms. The van der Waals surface area contributed by atoms with Gasteiger partial charge in [-0.1, -0.05) is 33.6 Å². The predicted molar refractivity (Wildman–Crippen MR) is 66.7 cm³/mol. The lowest BCUT2D eigenvalue weighted by Gasteiger charge is -2.32. The van der Waals surface area contributed by atoms with Crippen LogP contribution >= 0.6 is 0 Å². The van der Waals surface area contributed by atoms with Crippen molar-refractivity contribution in [1.29, 1.82) is 0 Å². The highest BCUT2D eigenvalue weighted by atomic mass is 15.5. The Morgan fingerprint density at radius 3 is 2.27 bits per heavy atom. The number of hydrogen-bond acceptors (Lipinski definition) is 2. The molecule has 2 unspecified atom stereocenters. The van der Waals surface area contributed by atoms with Gasteiger partial charge in [0.1, 0.15) is 0 Å². The van der Waals surface area contributed by atoms with Crippen LogP contribution in [0.2, 0.25) is 0 Å². The summed E-state index contributed by atoms with van der Waals surface area (Å²) in [5, 5.41) is 2.44. The molecule has 1 rings (SSSR count). The van der Waals surface area contributed by atoms with E-state index in [-0.39, 0.29) is 0 Å². The molecule has 2 atom stereocenters. The molecule has 90 valence electrons. The fraction of sp³-hybridized carbons (Fsp3) is 1.00. The quantitative estimate of drug-likeness (QED) is 0.727. The van der Waals surface area contributed by atoms with Crippen LogP contribution in [0.5, 0.6) is 0 Å². The van der Waals surface area contributed by atoms with Gasteiger partial charge in [-0.15, -0.1) is 0 Å². The Morgan fingerprint density at radius 2 is 1.73 bits per heavy atom. The number of piperidine rings is 1. The molecule has 2 nitrogen and oxygen atoms in total. The van der Waals surface area contributed by atoms with Crippen molar-refractivity contribution in [2.24, 2.45) is 5.92 Å². The zero-order valence-corrected chi connectivity index (χ0v) is 10.8. The molecule has 1 heterocycles. The molecule has 0 aromatic rings. The summed E-state index contributed by atoms with van der Waals surface area (Å²) in [5.41, 5.74) is 3.70. The lowest BCUT2D eigenvalue weighted by atomic mass is 9.98. The fourth-order valence-corrected chi connectivity index (χ4v) is 2.24. The third-order valence-electron chi connectivity index (χ3n) is 3.60. The number of nitrogens with one attached hydrogen (secondary N) is 1. The van der Waals surface area contributed by atoms with Gasteiger partial charge in [0.15, 0.2) is 0 Å². The molecule has 1 saturated heterocycles. The summed E-state index contributed by atoms with van der Waals surface area (Å²) in [6, 6.07) is 0.693. The first kappa shape index (κ1) is 13.0. The number of hydrazine groups is 1. The molecule has 1 aliphatic rings. The highest BCUT2D eigenvalue weighted by molar-refractivity contribution is 4.69. The molecule has 2 heteroatoms. The van der Waals surface area contributed by atoms with E-state index in [4.69, 9.17) is 0 Å². The maximum absolute atomic E-state index is 3.70. The van der Waals surface area contributed by atoms with Crippen LogP contribution in [0.4, 0.5) is 0 Å². The van der Waals surface area contributed by atoms with Gasteiger partial charge in [-0.2, -0.15) is 0 Å². The van der Waals surface area contributed by atoms with E-state index in [9.17, 15) is 0 Å². The molecule has 0 aromatic heterocycles. The van der Waals surface area contributed by atoms with E-state index in [1.165, 1.54) is 51.6 Å². The van der Waals surface area contributed by atoms with Crippen LogP contribution in [-0.2, 0) is 0 Å². The average molecular weight is 212 g/mol. The largest absolute Gasteiger partial charge is 0.252 e. The van der Waals surface area contributed by atoms with Crippen molar-refractivity contribution in [3.63, 3.8) is 0 Å². The zero-order valence-electron chi connectivity index (χ0n) is 10.8. The van der Waals surface area contributed by atoms with Gasteiger partial charge in [0, 0.05) is 19.1 Å². The molecule has 0 saturated carbocycles. The Bertz CT molecular complexity index is 153. The second kappa shape index (κ2) is 7.24. The molecule has 0 radical (unpaired) electrons. The van der Waals surface area contributed by atoms with Gasteiger partial charge >= 0.3 is 0 Å². The minimum atomic E-state index is 0.693. The van der Waals surface area contributed by atoms with Crippen molar-refractivity contribution in [1.82, 2.24) is 10.4 Å². The summed E-state index contributed by atoms with van der Waals surface area (Å²) < 4.78 is 0. The standard InChI is InChI=1S/C13H28N2/c1-4-12(3)11-13(5-2)14-15-9-7-6-8-10-15/h12-14H,4-11H2,1-3H3. The Balaban J connectivity index is 2.25. The molecular formula is C13H28N2. The summed E-state index contributed by atoms with van der Waals surface area (Å²) in [6.45, 7) is 9.44. The molecule has 0 aliphatic carbocycles. The fourth-order valence-electron chi connectivity index (χ4n) is 2.24. The summed E-state index contributed by atoms with van der Waals surface area (Å²) >= 11 is 0. The first-order valence-electron chi connectivity index (χ1n) is 6.77. The van der Waals surface area contributed by atoms with E-state index in [2.05, 4.69) is 31.2 Å². The van der Waals surface area contributed by atoms with Gasteiger partial charge in [0.05, 0.1) is 0 Å². The maximum Gasteiger partial charge on any atom is 0.0215 e. The number of rotatable bonds is 6. The normalized spacial score (nSPS) is 22.6. The van der Waals surface area contributed by atoms with Crippen LogP contribution in [0.15, 0.2) is 0 Å². The van der Waals surface area contributed by atoms with Crippen molar-refractivity contribution in [3.8, 4) is 0 Å². The van der Waals surface area contributed by atoms with E-state index in [0.717, 1.165) is 5.92 Å². The smallest absolute Gasteiger partial charge is 0.0215 e. The average Bonchev–Trinajstić information content (AvgIpc) is 2.29. The SMILES string of the molecule is CCC(C)CC(CC)NN1CCCCC1. The highest BCUT2D eigenvalue weighted by Crippen LogP contribution is 2.14. The second-order valence-corrected chi connectivity index (χ2v) is 5.03. The van der Waals surface area contributed by atoms with Gasteiger partial charge < -0.3 is 0 Å². The third-order valence-corrected chi connectivity index (χ3v) is 3.60. The molecule has 1 fully saturated rings. The molecule has 1 aliphatic heterocycles. The van der Waals surface area contributed by atoms with Gasteiger partial charge in [-0.25, -0.2) is 5.01 Å². The molecule has 1 N–H and O–H groups in total. The number of hydrogen-bond donors (Lipinski definition) is 1. The van der Waals surface area contributed by atoms with Crippen molar-refractivity contribution < 1.29 is 0 Å². The van der Waals surface area contributed by atoms with E-state index in [1.54, 1.807) is 0 Å². The van der Waals surface area contributed by atoms with Crippen molar-refractivity contribution in [3.05, 3.63) is 0 Å². The van der Waals surface area contributed by atoms with E-state index < -0.39 is 0 Å². The van der Waals surface area contributed by atoms with Crippen molar-refractivity contribution in [2.75, 3.05) is 13.1 Å². The van der Waals surface area contributed by atoms with Crippen LogP contribution in [-0.4, -0.2) is 24.1 Å². The first-order chi connectivity index (χ1) is 7.26. The van der Waals surface area contributed by atoms with Crippen LogP contribution < -0.4 is 5.43 Å². The summed E-state index contributed by atoms with van der Waals surface area (Å²) in [6.07, 6.45) is 8.03. The third kappa shape index (κ3) is 4.98. The van der Waals surface area contributed by atoms with E-state index in [0.29, 0.717) is 6.04 Å². The molecular weight excluding hydrogens is 184 g/mol. The molecule has 0 amide bonds. The van der Waals surface area contributed by atoms with Crippen LogP contribution in [0.1, 0.15) is 59.3 Å². The van der Waals surface area contributed by atoms with E-state index in [1.807, 2.05) is 0 Å². The van der Waals surface area contributed by atoms with Crippen LogP contribution in [0, 0.1) is 5.92 Å². The van der Waals surface area contributed by atoms with Gasteiger partial charge in [-0.05, 0) is 31.6 Å². The topological polar surface area (TPSA) is 15.3 Å². The Morgan fingerprint density at radius 1 is 1.07 bits per heavy atom. The van der Waals surface area contributed by atoms with Crippen LogP contribution in [0.3, 0.4) is 0 Å². The summed E-state index contributed by atoms with van der Waals surface area (Å²) in [4.78, 5) is 0. The van der Waals surface area contributed by atoms with Gasteiger partial charge in [0.2, 0.25) is 0 Å². The highest BCUT2D eigenvalue weighted by Gasteiger charge is 2.15. The molecule has 15 heavy (non-hydrogen) atoms. The predicted octanol–water partition coefficient (Wildman–Crippen LogP) is 3.19. The monoisotopic (exact) mass is 212 g/mol. The first-order valence-corrected chi connectivity index (χ1v) is 6.77. The lowest BCUT2D eigenvalue weighted by molar-refractivity contribution is 0.118. The second-order valence-electron chi connectivity index (χ2n) is 5.03. The molecule has 0 spiro atoms. The Labute approximate surface area is 95.4 Å². The van der Waals surface area contributed by atoms with Gasteiger partial charge in [-0.3, -0.25) is 5.43 Å². The van der Waals surface area contributed by atoms with Crippen molar-refractivity contribution >= 4 is 0 Å². The Kier molecular flexibility index (Phi) is 6.26. The van der Waals surface area contributed by atoms with Crippen molar-refractivity contribution in [2.45, 2.75) is 65.3 Å². The number of nitrogens with zero attached hydrogens (tertiary/aromatic N) is 1. The molecule has 0 aromatic carbocycles.